The van der Waals surface area contributed by atoms with E-state index in [1.165, 1.54) is 23.1 Å². The molecule has 3 heterocycles. The number of rotatable bonds is 3. The van der Waals surface area contributed by atoms with Crippen LogP contribution in [0.5, 0.6) is 0 Å². The van der Waals surface area contributed by atoms with Crippen LogP contribution in [0.2, 0.25) is 5.15 Å². The molecule has 0 fully saturated rings. The Morgan fingerprint density at radius 2 is 2.28 bits per heavy atom. The summed E-state index contributed by atoms with van der Waals surface area (Å²) in [6.07, 6.45) is 2.57. The second-order valence-corrected chi connectivity index (χ2v) is 5.87. The monoisotopic (exact) mass is 296 g/mol. The molecule has 0 amide bonds. The molecule has 0 unspecified atom stereocenters. The maximum atomic E-state index is 10.7. The van der Waals surface area contributed by atoms with Crippen molar-refractivity contribution in [2.75, 3.05) is 0 Å². The number of halogens is 1. The first kappa shape index (κ1) is 11.6. The van der Waals surface area contributed by atoms with Gasteiger partial charge in [-0.2, -0.15) is 0 Å². The van der Waals surface area contributed by atoms with Crippen molar-refractivity contribution >= 4 is 46.6 Å². The maximum absolute atomic E-state index is 10.7. The summed E-state index contributed by atoms with van der Waals surface area (Å²) in [7, 11) is 0. The van der Waals surface area contributed by atoms with Crippen molar-refractivity contribution in [1.82, 2.24) is 19.6 Å². The van der Waals surface area contributed by atoms with E-state index in [-0.39, 0.29) is 5.15 Å². The first-order chi connectivity index (χ1) is 8.78. The third-order valence-electron chi connectivity index (χ3n) is 2.16. The SMILES string of the molecule is O=Cc1sc(Sc2nnc3ccccn23)nc1Cl. The lowest BCUT2D eigenvalue weighted by molar-refractivity contribution is 0.112. The summed E-state index contributed by atoms with van der Waals surface area (Å²) >= 11 is 8.38. The fourth-order valence-electron chi connectivity index (χ4n) is 1.38. The lowest BCUT2D eigenvalue weighted by atomic mass is 10.5. The van der Waals surface area contributed by atoms with Gasteiger partial charge < -0.3 is 0 Å². The fraction of sp³-hybridized carbons (Fsp3) is 0. The van der Waals surface area contributed by atoms with E-state index in [2.05, 4.69) is 15.2 Å². The minimum atomic E-state index is 0.228. The number of carbonyl (C=O) groups excluding carboxylic acids is 1. The summed E-state index contributed by atoms with van der Waals surface area (Å²) in [6, 6.07) is 5.65. The Morgan fingerprint density at radius 1 is 1.39 bits per heavy atom. The van der Waals surface area contributed by atoms with Gasteiger partial charge in [-0.25, -0.2) is 4.98 Å². The molecular weight excluding hydrogens is 292 g/mol. The van der Waals surface area contributed by atoms with E-state index in [1.807, 2.05) is 28.8 Å². The lowest BCUT2D eigenvalue weighted by Crippen LogP contribution is -1.85. The standard InChI is InChI=1S/C10H5ClN4OS2/c11-8-6(5-16)17-10(12-8)18-9-14-13-7-3-1-2-4-15(7)9/h1-5H. The zero-order valence-corrected chi connectivity index (χ0v) is 11.2. The van der Waals surface area contributed by atoms with Crippen molar-refractivity contribution in [3.63, 3.8) is 0 Å². The Morgan fingerprint density at radius 3 is 3.06 bits per heavy atom. The molecule has 0 aromatic carbocycles. The minimum Gasteiger partial charge on any atom is -0.297 e. The second kappa shape index (κ2) is 4.68. The van der Waals surface area contributed by atoms with Gasteiger partial charge in [-0.3, -0.25) is 9.20 Å². The number of fused-ring (bicyclic) bond motifs is 1. The summed E-state index contributed by atoms with van der Waals surface area (Å²) in [6.45, 7) is 0. The number of nitrogens with zero attached hydrogens (tertiary/aromatic N) is 4. The van der Waals surface area contributed by atoms with Crippen LogP contribution in [0.1, 0.15) is 9.67 Å². The maximum Gasteiger partial charge on any atom is 0.202 e. The van der Waals surface area contributed by atoms with Crippen LogP contribution >= 0.6 is 34.7 Å². The number of aldehydes is 1. The number of carbonyl (C=O) groups is 1. The van der Waals surface area contributed by atoms with E-state index in [4.69, 9.17) is 11.6 Å². The molecular formula is C10H5ClN4OS2. The molecule has 0 N–H and O–H groups in total. The zero-order valence-electron chi connectivity index (χ0n) is 8.78. The molecule has 8 heteroatoms. The molecule has 0 spiro atoms. The largest absolute Gasteiger partial charge is 0.297 e. The Labute approximate surface area is 115 Å². The molecule has 0 radical (unpaired) electrons. The average Bonchev–Trinajstić information content (AvgIpc) is 2.94. The van der Waals surface area contributed by atoms with Crippen LogP contribution in [0.4, 0.5) is 0 Å². The summed E-state index contributed by atoms with van der Waals surface area (Å²) < 4.78 is 2.51. The second-order valence-electron chi connectivity index (χ2n) is 3.27. The summed E-state index contributed by atoms with van der Waals surface area (Å²) in [5, 5.41) is 9.01. The Balaban J connectivity index is 1.98. The van der Waals surface area contributed by atoms with Gasteiger partial charge >= 0.3 is 0 Å². The molecule has 0 atom stereocenters. The summed E-state index contributed by atoms with van der Waals surface area (Å²) in [5.74, 6) is 0. The van der Waals surface area contributed by atoms with Crippen LogP contribution in [0.25, 0.3) is 5.65 Å². The van der Waals surface area contributed by atoms with Crippen molar-refractivity contribution in [1.29, 1.82) is 0 Å². The van der Waals surface area contributed by atoms with Crippen molar-refractivity contribution in [2.24, 2.45) is 0 Å². The van der Waals surface area contributed by atoms with Crippen LogP contribution in [0, 0.1) is 0 Å². The molecule has 0 aliphatic rings. The van der Waals surface area contributed by atoms with Gasteiger partial charge in [-0.05, 0) is 23.9 Å². The predicted molar refractivity (Wildman–Crippen MR) is 69.6 cm³/mol. The van der Waals surface area contributed by atoms with E-state index in [0.29, 0.717) is 20.7 Å². The Bertz CT molecular complexity index is 724. The van der Waals surface area contributed by atoms with Crippen molar-refractivity contribution in [2.45, 2.75) is 9.50 Å². The molecule has 3 aromatic heterocycles. The third-order valence-corrected chi connectivity index (χ3v) is 4.56. The third kappa shape index (κ3) is 2.00. The van der Waals surface area contributed by atoms with Crippen LogP contribution in [0.3, 0.4) is 0 Å². The van der Waals surface area contributed by atoms with E-state index in [9.17, 15) is 4.79 Å². The highest BCUT2D eigenvalue weighted by Gasteiger charge is 2.13. The van der Waals surface area contributed by atoms with Gasteiger partial charge in [0.1, 0.15) is 4.88 Å². The van der Waals surface area contributed by atoms with Gasteiger partial charge in [0.15, 0.2) is 21.4 Å². The average molecular weight is 297 g/mol. The predicted octanol–water partition coefficient (Wildman–Crippen LogP) is 2.80. The molecule has 0 aliphatic carbocycles. The lowest BCUT2D eigenvalue weighted by Gasteiger charge is -1.94. The van der Waals surface area contributed by atoms with Gasteiger partial charge in [0.2, 0.25) is 5.16 Å². The van der Waals surface area contributed by atoms with Crippen molar-refractivity contribution < 1.29 is 4.79 Å². The smallest absolute Gasteiger partial charge is 0.202 e. The first-order valence-electron chi connectivity index (χ1n) is 4.87. The molecule has 3 rings (SSSR count). The topological polar surface area (TPSA) is 60.2 Å². The van der Waals surface area contributed by atoms with Gasteiger partial charge in [-0.1, -0.05) is 17.7 Å². The summed E-state index contributed by atoms with van der Waals surface area (Å²) in [5.41, 5.74) is 0.762. The number of thiazole rings is 1. The van der Waals surface area contributed by atoms with Crippen LogP contribution < -0.4 is 0 Å². The quantitative estimate of drug-likeness (QED) is 0.696. The molecule has 90 valence electrons. The van der Waals surface area contributed by atoms with Gasteiger partial charge in [0, 0.05) is 6.20 Å². The number of pyridine rings is 1. The number of aromatic nitrogens is 4. The highest BCUT2D eigenvalue weighted by Crippen LogP contribution is 2.33. The van der Waals surface area contributed by atoms with Crippen LogP contribution in [-0.2, 0) is 0 Å². The van der Waals surface area contributed by atoms with Crippen molar-refractivity contribution in [3.05, 3.63) is 34.4 Å². The van der Waals surface area contributed by atoms with Gasteiger partial charge in [0.25, 0.3) is 0 Å². The van der Waals surface area contributed by atoms with Crippen LogP contribution in [0.15, 0.2) is 33.9 Å². The normalized spacial score (nSPS) is 10.9. The molecule has 0 aliphatic heterocycles. The molecule has 3 aromatic rings. The Hall–Kier alpha value is -1.44. The molecule has 0 saturated heterocycles. The van der Waals surface area contributed by atoms with Gasteiger partial charge in [-0.15, -0.1) is 21.5 Å². The highest BCUT2D eigenvalue weighted by molar-refractivity contribution is 8.00. The van der Waals surface area contributed by atoms with Crippen LogP contribution in [-0.4, -0.2) is 25.9 Å². The Kier molecular flexibility index (Phi) is 3.02. The zero-order chi connectivity index (χ0) is 12.5. The van der Waals surface area contributed by atoms with E-state index in [0.717, 1.165) is 5.65 Å². The number of hydrogen-bond donors (Lipinski definition) is 0. The van der Waals surface area contributed by atoms with E-state index >= 15 is 0 Å². The van der Waals surface area contributed by atoms with E-state index < -0.39 is 0 Å². The molecule has 0 saturated carbocycles. The van der Waals surface area contributed by atoms with E-state index in [1.54, 1.807) is 0 Å². The highest BCUT2D eigenvalue weighted by atomic mass is 35.5. The molecule has 5 nitrogen and oxygen atoms in total. The van der Waals surface area contributed by atoms with Gasteiger partial charge in [0.05, 0.1) is 0 Å². The number of hydrogen-bond acceptors (Lipinski definition) is 6. The molecule has 18 heavy (non-hydrogen) atoms. The molecule has 0 bridgehead atoms. The fourth-order valence-corrected chi connectivity index (χ4v) is 3.51. The summed E-state index contributed by atoms with van der Waals surface area (Å²) in [4.78, 5) is 15.2. The van der Waals surface area contributed by atoms with Crippen molar-refractivity contribution in [3.8, 4) is 0 Å². The minimum absolute atomic E-state index is 0.228. The first-order valence-corrected chi connectivity index (χ1v) is 6.88.